The number of fused-ring (bicyclic) bond motifs is 3. The van der Waals surface area contributed by atoms with Crippen LogP contribution in [0, 0.1) is 11.8 Å². The first-order valence-electron chi connectivity index (χ1n) is 12.5. The average Bonchev–Trinajstić information content (AvgIpc) is 3.54. The molecule has 3 aromatic carbocycles. The minimum absolute atomic E-state index is 0. The van der Waals surface area contributed by atoms with E-state index < -0.39 is 5.92 Å². The summed E-state index contributed by atoms with van der Waals surface area (Å²) in [7, 11) is 6.97. The van der Waals surface area contributed by atoms with Gasteiger partial charge in [0, 0.05) is 37.3 Å². The van der Waals surface area contributed by atoms with E-state index in [2.05, 4.69) is 17.4 Å². The van der Waals surface area contributed by atoms with E-state index in [1.54, 1.807) is 12.1 Å². The van der Waals surface area contributed by atoms with Crippen LogP contribution in [0.3, 0.4) is 0 Å². The predicted molar refractivity (Wildman–Crippen MR) is 148 cm³/mol. The molecule has 9 nitrogen and oxygen atoms in total. The minimum Gasteiger partial charge on any atom is -0.502 e. The number of benzene rings is 3. The number of anilines is 2. The largest absolute Gasteiger partial charge is 0.502 e. The third-order valence-corrected chi connectivity index (χ3v) is 7.75. The number of esters is 1. The summed E-state index contributed by atoms with van der Waals surface area (Å²) < 4.78 is 28.0. The molecule has 4 atom stereocenters. The number of nitrogens with one attached hydrogen (secondary N) is 1. The Hall–Kier alpha value is -3.98. The number of methoxy groups -OCH3 is 2. The number of ether oxygens (including phenoxy) is 5. The Morgan fingerprint density at radius 1 is 0.923 bits per heavy atom. The van der Waals surface area contributed by atoms with E-state index in [1.807, 2.05) is 43.3 Å². The molecule has 206 valence electrons. The lowest BCUT2D eigenvalue weighted by molar-refractivity contribution is -0.141. The van der Waals surface area contributed by atoms with Gasteiger partial charge in [0.25, 0.3) is 0 Å². The lowest BCUT2D eigenvalue weighted by atomic mass is 9.65. The maximum Gasteiger partial charge on any atom is 0.310 e. The number of carbonyl (C=O) groups excluding carboxylic acids is 1. The normalized spacial score (nSPS) is 22.2. The minimum atomic E-state index is -0.472. The van der Waals surface area contributed by atoms with Crippen molar-refractivity contribution in [2.24, 2.45) is 11.8 Å². The number of aromatic hydroxyl groups is 1. The summed E-state index contributed by atoms with van der Waals surface area (Å²) in [5, 5.41) is 14.2. The fourth-order valence-corrected chi connectivity index (χ4v) is 5.88. The van der Waals surface area contributed by atoms with E-state index in [4.69, 9.17) is 23.7 Å². The van der Waals surface area contributed by atoms with Crippen LogP contribution in [0.2, 0.25) is 0 Å². The van der Waals surface area contributed by atoms with E-state index in [-0.39, 0.29) is 66.9 Å². The van der Waals surface area contributed by atoms with Crippen molar-refractivity contribution < 1.29 is 33.6 Å². The van der Waals surface area contributed by atoms with E-state index in [0.717, 1.165) is 28.1 Å². The molecule has 0 amide bonds. The average molecular weight is 555 g/mol. The number of nitrogens with zero attached hydrogens (tertiary/aromatic N) is 1. The van der Waals surface area contributed by atoms with Crippen molar-refractivity contribution in [3.63, 3.8) is 0 Å². The Kier molecular flexibility index (Phi) is 7.03. The van der Waals surface area contributed by atoms with Gasteiger partial charge in [-0.3, -0.25) is 4.79 Å². The van der Waals surface area contributed by atoms with Gasteiger partial charge in [0.05, 0.1) is 32.8 Å². The summed E-state index contributed by atoms with van der Waals surface area (Å²) >= 11 is 0. The van der Waals surface area contributed by atoms with Crippen molar-refractivity contribution in [2.45, 2.75) is 12.0 Å². The molecule has 39 heavy (non-hydrogen) atoms. The number of halogens is 1. The molecule has 0 aromatic heterocycles. The lowest BCUT2D eigenvalue weighted by Gasteiger charge is -2.40. The lowest BCUT2D eigenvalue weighted by Crippen LogP contribution is -2.37. The van der Waals surface area contributed by atoms with Gasteiger partial charge in [0.1, 0.15) is 0 Å². The molecule has 2 unspecified atom stereocenters. The van der Waals surface area contributed by atoms with Crippen LogP contribution in [-0.4, -0.2) is 52.8 Å². The number of hydrogen-bond acceptors (Lipinski definition) is 9. The van der Waals surface area contributed by atoms with Crippen LogP contribution >= 0.6 is 12.4 Å². The molecule has 3 aromatic rings. The van der Waals surface area contributed by atoms with Crippen LogP contribution in [0.4, 0.5) is 11.4 Å². The molecular formula is C29H31ClN2O7. The summed E-state index contributed by atoms with van der Waals surface area (Å²) in [5.41, 5.74) is 4.73. The first-order valence-corrected chi connectivity index (χ1v) is 12.5. The van der Waals surface area contributed by atoms with Crippen molar-refractivity contribution in [2.75, 3.05) is 51.9 Å². The second kappa shape index (κ2) is 10.3. The zero-order valence-corrected chi connectivity index (χ0v) is 22.9. The smallest absolute Gasteiger partial charge is 0.310 e. The molecule has 3 aliphatic rings. The van der Waals surface area contributed by atoms with Crippen LogP contribution in [0.1, 0.15) is 28.7 Å². The quantitative estimate of drug-likeness (QED) is 0.420. The standard InChI is InChI=1S/C29H30N2O7.ClH/c1-31(2)17-7-5-16(6-8-17)30-27-19-12-22-21(37-14-38-22)11-18(19)25(26-20(27)13-36-29(26)33)15-9-23(34-3)28(32)24(10-15)35-4;/h5-12,20,25-27,30,32H,13-14H2,1-4H3;1H/t20-,25?,26?,27+;/m0./s1. The summed E-state index contributed by atoms with van der Waals surface area (Å²) in [6.45, 7) is 0.427. The number of rotatable bonds is 6. The highest BCUT2D eigenvalue weighted by Crippen LogP contribution is 2.56. The molecule has 1 aliphatic carbocycles. The summed E-state index contributed by atoms with van der Waals surface area (Å²) in [6.07, 6.45) is 0. The third-order valence-electron chi connectivity index (χ3n) is 7.75. The molecule has 6 rings (SSSR count). The molecule has 1 fully saturated rings. The molecule has 2 aliphatic heterocycles. The van der Waals surface area contributed by atoms with Crippen LogP contribution in [0.5, 0.6) is 28.7 Å². The van der Waals surface area contributed by atoms with Gasteiger partial charge < -0.3 is 39.0 Å². The summed E-state index contributed by atoms with van der Waals surface area (Å²) in [4.78, 5) is 15.4. The van der Waals surface area contributed by atoms with Crippen molar-refractivity contribution in [1.82, 2.24) is 0 Å². The molecule has 0 spiro atoms. The first kappa shape index (κ1) is 26.6. The van der Waals surface area contributed by atoms with E-state index in [9.17, 15) is 9.90 Å². The SMILES string of the molecule is COc1cc(C2c3cc4c(cc3[C@@H](Nc3ccc(N(C)C)cc3)[C@H]3COC(=O)C23)OCO4)cc(OC)c1O.Cl. The number of phenolic OH excluding ortho intramolecular Hbond substituents is 1. The fourth-order valence-electron chi connectivity index (χ4n) is 5.88. The maximum atomic E-state index is 13.3. The molecular weight excluding hydrogens is 524 g/mol. The van der Waals surface area contributed by atoms with E-state index in [0.29, 0.717) is 11.5 Å². The summed E-state index contributed by atoms with van der Waals surface area (Å²) in [5.74, 6) is 0.483. The van der Waals surface area contributed by atoms with Gasteiger partial charge in [-0.2, -0.15) is 0 Å². The highest BCUT2D eigenvalue weighted by molar-refractivity contribution is 5.85. The van der Waals surface area contributed by atoms with Gasteiger partial charge >= 0.3 is 5.97 Å². The highest BCUT2D eigenvalue weighted by Gasteiger charge is 2.52. The van der Waals surface area contributed by atoms with Crippen molar-refractivity contribution >= 4 is 29.8 Å². The Labute approximate surface area is 233 Å². The predicted octanol–water partition coefficient (Wildman–Crippen LogP) is 4.71. The maximum absolute atomic E-state index is 13.3. The van der Waals surface area contributed by atoms with Gasteiger partial charge in [-0.05, 0) is 65.2 Å². The Morgan fingerprint density at radius 3 is 2.13 bits per heavy atom. The monoisotopic (exact) mass is 554 g/mol. The molecule has 10 heteroatoms. The second-order valence-electron chi connectivity index (χ2n) is 9.97. The summed E-state index contributed by atoms with van der Waals surface area (Å²) in [6, 6.07) is 15.4. The molecule has 0 bridgehead atoms. The van der Waals surface area contributed by atoms with Gasteiger partial charge in [0.2, 0.25) is 12.5 Å². The van der Waals surface area contributed by atoms with E-state index >= 15 is 0 Å². The Balaban J connectivity index is 0.00000308. The van der Waals surface area contributed by atoms with Crippen LogP contribution in [0.15, 0.2) is 48.5 Å². The third kappa shape index (κ3) is 4.40. The topological polar surface area (TPSA) is 98.7 Å². The van der Waals surface area contributed by atoms with E-state index in [1.165, 1.54) is 14.2 Å². The van der Waals surface area contributed by atoms with Crippen molar-refractivity contribution in [3.05, 3.63) is 65.2 Å². The number of carbonyl (C=O) groups is 1. The van der Waals surface area contributed by atoms with Gasteiger partial charge in [0.15, 0.2) is 23.0 Å². The Bertz CT molecular complexity index is 1370. The van der Waals surface area contributed by atoms with Gasteiger partial charge in [-0.25, -0.2) is 0 Å². The first-order chi connectivity index (χ1) is 18.4. The second-order valence-corrected chi connectivity index (χ2v) is 9.97. The zero-order valence-electron chi connectivity index (χ0n) is 22.1. The van der Waals surface area contributed by atoms with Crippen molar-refractivity contribution in [1.29, 1.82) is 0 Å². The number of hydrogen-bond donors (Lipinski definition) is 2. The molecule has 2 heterocycles. The molecule has 2 N–H and O–H groups in total. The highest BCUT2D eigenvalue weighted by atomic mass is 35.5. The molecule has 0 saturated carbocycles. The Morgan fingerprint density at radius 2 is 1.54 bits per heavy atom. The van der Waals surface area contributed by atoms with Gasteiger partial charge in [-0.15, -0.1) is 12.4 Å². The zero-order chi connectivity index (χ0) is 26.6. The van der Waals surface area contributed by atoms with Crippen LogP contribution in [0.25, 0.3) is 0 Å². The number of phenols is 1. The number of cyclic esters (lactones) is 1. The molecule has 1 saturated heterocycles. The molecule has 0 radical (unpaired) electrons. The van der Waals surface area contributed by atoms with Gasteiger partial charge in [-0.1, -0.05) is 0 Å². The van der Waals surface area contributed by atoms with Crippen LogP contribution in [-0.2, 0) is 9.53 Å². The fraction of sp³-hybridized carbons (Fsp3) is 0.345. The van der Waals surface area contributed by atoms with Crippen molar-refractivity contribution in [3.8, 4) is 28.7 Å². The van der Waals surface area contributed by atoms with Crippen LogP contribution < -0.4 is 29.2 Å².